The zero-order valence-electron chi connectivity index (χ0n) is 13.8. The largest absolute Gasteiger partial charge is 0.462 e. The van der Waals surface area contributed by atoms with Crippen LogP contribution in [-0.4, -0.2) is 43.4 Å². The molecule has 126 valence electrons. The van der Waals surface area contributed by atoms with Crippen LogP contribution in [0.3, 0.4) is 0 Å². The normalized spacial score (nSPS) is 20.8. The molecule has 1 fully saturated rings. The molecule has 0 unspecified atom stereocenters. The molecule has 0 bridgehead atoms. The fourth-order valence-corrected chi connectivity index (χ4v) is 2.38. The average molecular weight is 320 g/mol. The third-order valence-corrected chi connectivity index (χ3v) is 3.48. The lowest BCUT2D eigenvalue weighted by molar-refractivity contribution is 0.0399. The highest BCUT2D eigenvalue weighted by atomic mass is 16.6. The quantitative estimate of drug-likeness (QED) is 0.829. The van der Waals surface area contributed by atoms with E-state index >= 15 is 0 Å². The molecule has 1 saturated heterocycles. The maximum atomic E-state index is 12.0. The Morgan fingerprint density at radius 3 is 2.57 bits per heavy atom. The van der Waals surface area contributed by atoms with Gasteiger partial charge in [0, 0.05) is 19.0 Å². The van der Waals surface area contributed by atoms with Crippen molar-refractivity contribution in [3.05, 3.63) is 35.9 Å². The van der Waals surface area contributed by atoms with Gasteiger partial charge in [0.15, 0.2) is 0 Å². The second-order valence-electron chi connectivity index (χ2n) is 6.64. The summed E-state index contributed by atoms with van der Waals surface area (Å²) in [6.45, 7) is 7.02. The molecular formula is C17H24N2O4. The number of esters is 1. The van der Waals surface area contributed by atoms with Gasteiger partial charge >= 0.3 is 12.1 Å². The van der Waals surface area contributed by atoms with Gasteiger partial charge in [-0.2, -0.15) is 0 Å². The monoisotopic (exact) mass is 320 g/mol. The van der Waals surface area contributed by atoms with E-state index in [0.717, 1.165) is 0 Å². The topological polar surface area (TPSA) is 76.7 Å². The van der Waals surface area contributed by atoms with Gasteiger partial charge < -0.3 is 20.1 Å². The molecule has 0 radical (unpaired) electrons. The molecule has 1 heterocycles. The van der Waals surface area contributed by atoms with Crippen molar-refractivity contribution < 1.29 is 19.1 Å². The number of carbonyl (C=O) groups is 2. The lowest BCUT2D eigenvalue weighted by Gasteiger charge is -2.24. The number of alkyl carbamates (subject to hydrolysis) is 1. The van der Waals surface area contributed by atoms with E-state index in [-0.39, 0.29) is 24.5 Å². The molecule has 6 heteroatoms. The van der Waals surface area contributed by atoms with E-state index in [2.05, 4.69) is 10.6 Å². The van der Waals surface area contributed by atoms with Gasteiger partial charge in [-0.1, -0.05) is 18.2 Å². The fraction of sp³-hybridized carbons (Fsp3) is 0.529. The summed E-state index contributed by atoms with van der Waals surface area (Å²) >= 11 is 0. The third kappa shape index (κ3) is 5.56. The lowest BCUT2D eigenvalue weighted by atomic mass is 10.1. The van der Waals surface area contributed by atoms with E-state index in [4.69, 9.17) is 9.47 Å². The van der Waals surface area contributed by atoms with Crippen molar-refractivity contribution in [3.8, 4) is 0 Å². The molecule has 1 aliphatic rings. The Kier molecular flexibility index (Phi) is 5.60. The minimum Gasteiger partial charge on any atom is -0.462 e. The van der Waals surface area contributed by atoms with E-state index in [1.165, 1.54) is 0 Å². The standard InChI is InChI=1S/C17H24N2O4/c1-17(2,3)23-16(21)19-14-10-18-9-13(14)11-22-15(20)12-7-5-4-6-8-12/h4-8,13-14,18H,9-11H2,1-3H3,(H,19,21)/t13-,14+/m1/s1. The second-order valence-corrected chi connectivity index (χ2v) is 6.64. The number of hydrogen-bond acceptors (Lipinski definition) is 5. The van der Waals surface area contributed by atoms with Gasteiger partial charge in [0.05, 0.1) is 18.2 Å². The van der Waals surface area contributed by atoms with Gasteiger partial charge in [-0.25, -0.2) is 9.59 Å². The smallest absolute Gasteiger partial charge is 0.407 e. The predicted octanol–water partition coefficient (Wildman–Crippen LogP) is 1.96. The van der Waals surface area contributed by atoms with E-state index in [1.807, 2.05) is 26.8 Å². The molecule has 23 heavy (non-hydrogen) atoms. The van der Waals surface area contributed by atoms with E-state index in [1.54, 1.807) is 24.3 Å². The molecule has 6 nitrogen and oxygen atoms in total. The molecule has 1 aliphatic heterocycles. The molecule has 0 spiro atoms. The third-order valence-electron chi connectivity index (χ3n) is 3.48. The summed E-state index contributed by atoms with van der Waals surface area (Å²) in [5.74, 6) is -0.330. The number of carbonyl (C=O) groups excluding carboxylic acids is 2. The molecule has 1 amide bonds. The maximum absolute atomic E-state index is 12.0. The van der Waals surface area contributed by atoms with Crippen LogP contribution in [-0.2, 0) is 9.47 Å². The average Bonchev–Trinajstić information content (AvgIpc) is 2.90. The van der Waals surface area contributed by atoms with Gasteiger partial charge in [0.1, 0.15) is 5.60 Å². The first kappa shape index (κ1) is 17.3. The van der Waals surface area contributed by atoms with Crippen molar-refractivity contribution >= 4 is 12.1 Å². The SMILES string of the molecule is CC(C)(C)OC(=O)N[C@H]1CNC[C@@H]1COC(=O)c1ccccc1. The van der Waals surface area contributed by atoms with Crippen molar-refractivity contribution in [2.75, 3.05) is 19.7 Å². The number of nitrogens with one attached hydrogen (secondary N) is 2. The first-order valence-corrected chi connectivity index (χ1v) is 7.77. The number of rotatable bonds is 4. The van der Waals surface area contributed by atoms with Crippen LogP contribution < -0.4 is 10.6 Å². The number of benzene rings is 1. The molecular weight excluding hydrogens is 296 g/mol. The summed E-state index contributed by atoms with van der Waals surface area (Å²) in [5, 5.41) is 6.03. The fourth-order valence-electron chi connectivity index (χ4n) is 2.38. The first-order chi connectivity index (χ1) is 10.8. The molecule has 0 saturated carbocycles. The minimum absolute atomic E-state index is 0.0233. The molecule has 1 aromatic carbocycles. The molecule has 2 atom stereocenters. The van der Waals surface area contributed by atoms with Gasteiger partial charge in [-0.05, 0) is 32.9 Å². The predicted molar refractivity (Wildman–Crippen MR) is 86.2 cm³/mol. The maximum Gasteiger partial charge on any atom is 0.407 e. The zero-order valence-corrected chi connectivity index (χ0v) is 13.8. The molecule has 0 aliphatic carbocycles. The highest BCUT2D eigenvalue weighted by Crippen LogP contribution is 2.13. The van der Waals surface area contributed by atoms with Crippen LogP contribution in [0.15, 0.2) is 30.3 Å². The van der Waals surface area contributed by atoms with E-state index < -0.39 is 11.7 Å². The first-order valence-electron chi connectivity index (χ1n) is 7.77. The van der Waals surface area contributed by atoms with E-state index in [0.29, 0.717) is 18.7 Å². The van der Waals surface area contributed by atoms with Crippen LogP contribution in [0.4, 0.5) is 4.79 Å². The van der Waals surface area contributed by atoms with Crippen LogP contribution in [0, 0.1) is 5.92 Å². The summed E-state index contributed by atoms with van der Waals surface area (Å²) in [7, 11) is 0. The number of amides is 1. The van der Waals surface area contributed by atoms with Crippen molar-refractivity contribution in [2.24, 2.45) is 5.92 Å². The van der Waals surface area contributed by atoms with Crippen molar-refractivity contribution in [1.29, 1.82) is 0 Å². The van der Waals surface area contributed by atoms with Crippen molar-refractivity contribution in [1.82, 2.24) is 10.6 Å². The lowest BCUT2D eigenvalue weighted by Crippen LogP contribution is -2.44. The Morgan fingerprint density at radius 1 is 1.22 bits per heavy atom. The summed E-state index contributed by atoms with van der Waals surface area (Å²) in [5.41, 5.74) is -0.0131. The van der Waals surface area contributed by atoms with Crippen LogP contribution in [0.5, 0.6) is 0 Å². The Morgan fingerprint density at radius 2 is 1.91 bits per heavy atom. The van der Waals surface area contributed by atoms with Crippen LogP contribution >= 0.6 is 0 Å². The Bertz CT molecular complexity index is 539. The second kappa shape index (κ2) is 7.46. The van der Waals surface area contributed by atoms with Gasteiger partial charge in [-0.15, -0.1) is 0 Å². The van der Waals surface area contributed by atoms with Crippen LogP contribution in [0.25, 0.3) is 0 Å². The van der Waals surface area contributed by atoms with Gasteiger partial charge in [-0.3, -0.25) is 0 Å². The summed E-state index contributed by atoms with van der Waals surface area (Å²) in [4.78, 5) is 23.8. The minimum atomic E-state index is -0.536. The molecule has 0 aromatic heterocycles. The highest BCUT2D eigenvalue weighted by Gasteiger charge is 2.31. The zero-order chi connectivity index (χ0) is 16.9. The summed E-state index contributed by atoms with van der Waals surface area (Å²) < 4.78 is 10.6. The highest BCUT2D eigenvalue weighted by molar-refractivity contribution is 5.89. The van der Waals surface area contributed by atoms with Crippen LogP contribution in [0.2, 0.25) is 0 Å². The van der Waals surface area contributed by atoms with Crippen molar-refractivity contribution in [2.45, 2.75) is 32.4 Å². The number of hydrogen-bond donors (Lipinski definition) is 2. The Hall–Kier alpha value is -2.08. The van der Waals surface area contributed by atoms with Crippen molar-refractivity contribution in [3.63, 3.8) is 0 Å². The van der Waals surface area contributed by atoms with Crippen LogP contribution in [0.1, 0.15) is 31.1 Å². The summed E-state index contributed by atoms with van der Waals surface area (Å²) in [6, 6.07) is 8.74. The van der Waals surface area contributed by atoms with Gasteiger partial charge in [0.2, 0.25) is 0 Å². The summed E-state index contributed by atoms with van der Waals surface area (Å²) in [6.07, 6.45) is -0.453. The number of ether oxygens (including phenoxy) is 2. The molecule has 1 aromatic rings. The van der Waals surface area contributed by atoms with E-state index in [9.17, 15) is 9.59 Å². The molecule has 2 rings (SSSR count). The van der Waals surface area contributed by atoms with Gasteiger partial charge in [0.25, 0.3) is 0 Å². The Balaban J connectivity index is 1.82. The Labute approximate surface area is 136 Å². The molecule has 2 N–H and O–H groups in total.